The molecule has 0 bridgehead atoms. The third kappa shape index (κ3) is 6.08. The van der Waals surface area contributed by atoms with Crippen molar-refractivity contribution in [1.29, 1.82) is 5.26 Å². The topological polar surface area (TPSA) is 119 Å². The Hall–Kier alpha value is -3.64. The molecule has 1 aliphatic heterocycles. The lowest BCUT2D eigenvalue weighted by molar-refractivity contribution is 0.0352. The molecule has 0 saturated heterocycles. The van der Waals surface area contributed by atoms with E-state index in [0.717, 1.165) is 5.56 Å². The second-order valence-electron chi connectivity index (χ2n) is 9.38. The molecule has 1 aromatic carbocycles. The number of benzene rings is 1. The molecular formula is C26H33N5O4. The Labute approximate surface area is 206 Å². The molecule has 0 unspecified atom stereocenters. The second-order valence-corrected chi connectivity index (χ2v) is 9.38. The molecule has 0 radical (unpaired) electrons. The maximum absolute atomic E-state index is 13.6. The molecule has 9 nitrogen and oxygen atoms in total. The summed E-state index contributed by atoms with van der Waals surface area (Å²) in [6, 6.07) is 10.3. The van der Waals surface area contributed by atoms with E-state index in [0.29, 0.717) is 24.2 Å². The van der Waals surface area contributed by atoms with Gasteiger partial charge >= 0.3 is 6.03 Å². The first-order chi connectivity index (χ1) is 16.6. The number of urea groups is 1. The molecule has 3 atom stereocenters. The van der Waals surface area contributed by atoms with E-state index < -0.39 is 12.1 Å². The van der Waals surface area contributed by atoms with Crippen LogP contribution in [-0.2, 0) is 0 Å². The predicted molar refractivity (Wildman–Crippen MR) is 132 cm³/mol. The lowest BCUT2D eigenvalue weighted by Gasteiger charge is -2.37. The fraction of sp³-hybridized carbons (Fsp3) is 0.462. The number of ether oxygens (including phenoxy) is 1. The van der Waals surface area contributed by atoms with E-state index in [4.69, 9.17) is 4.74 Å². The fourth-order valence-corrected chi connectivity index (χ4v) is 3.96. The standard InChI is InChI=1S/C26H33N5O4/c1-16(2)29-26(34)30(5)14-23-17(3)13-31(18(4)15-32)25(33)22-10-21(12-28-24(22)35-23)20-8-6-7-19(9-20)11-27/h6-10,12,16-18,23,32H,13-15H2,1-5H3,(H,29,34)/t17-,18-,23-/m1/s1. The number of amides is 3. The zero-order chi connectivity index (χ0) is 25.7. The molecule has 3 rings (SSSR count). The van der Waals surface area contributed by atoms with Crippen LogP contribution >= 0.6 is 0 Å². The molecule has 1 aliphatic rings. The van der Waals surface area contributed by atoms with Crippen molar-refractivity contribution in [2.24, 2.45) is 5.92 Å². The molecule has 2 aromatic rings. The molecule has 186 valence electrons. The summed E-state index contributed by atoms with van der Waals surface area (Å²) in [4.78, 5) is 33.7. The maximum Gasteiger partial charge on any atom is 0.317 e. The number of nitriles is 1. The number of likely N-dealkylation sites (N-methyl/N-ethyl adjacent to an activating group) is 1. The highest BCUT2D eigenvalue weighted by atomic mass is 16.5. The molecule has 2 N–H and O–H groups in total. The molecule has 1 aromatic heterocycles. The van der Waals surface area contributed by atoms with Gasteiger partial charge in [0.1, 0.15) is 11.7 Å². The van der Waals surface area contributed by atoms with E-state index in [1.165, 1.54) is 0 Å². The van der Waals surface area contributed by atoms with Crippen LogP contribution in [0.5, 0.6) is 5.88 Å². The number of carbonyl (C=O) groups is 2. The van der Waals surface area contributed by atoms with Crippen molar-refractivity contribution in [3.63, 3.8) is 0 Å². The summed E-state index contributed by atoms with van der Waals surface area (Å²) >= 11 is 0. The highest BCUT2D eigenvalue weighted by molar-refractivity contribution is 5.98. The highest BCUT2D eigenvalue weighted by Gasteiger charge is 2.34. The third-order valence-electron chi connectivity index (χ3n) is 6.06. The molecule has 2 heterocycles. The van der Waals surface area contributed by atoms with Crippen LogP contribution in [0.3, 0.4) is 0 Å². The van der Waals surface area contributed by atoms with Crippen molar-refractivity contribution in [1.82, 2.24) is 20.1 Å². The maximum atomic E-state index is 13.6. The number of aliphatic hydroxyl groups is 1. The number of aliphatic hydroxyl groups excluding tert-OH is 1. The Morgan fingerprint density at radius 1 is 1.34 bits per heavy atom. The zero-order valence-electron chi connectivity index (χ0n) is 20.9. The summed E-state index contributed by atoms with van der Waals surface area (Å²) in [7, 11) is 1.70. The number of pyridine rings is 1. The number of rotatable bonds is 6. The van der Waals surface area contributed by atoms with Gasteiger partial charge in [0.2, 0.25) is 5.88 Å². The quantitative estimate of drug-likeness (QED) is 0.658. The van der Waals surface area contributed by atoms with E-state index >= 15 is 0 Å². The van der Waals surface area contributed by atoms with Crippen molar-refractivity contribution in [3.8, 4) is 23.1 Å². The van der Waals surface area contributed by atoms with Crippen molar-refractivity contribution >= 4 is 11.9 Å². The van der Waals surface area contributed by atoms with Gasteiger partial charge in [-0.25, -0.2) is 9.78 Å². The molecular weight excluding hydrogens is 446 g/mol. The molecule has 0 fully saturated rings. The molecule has 0 saturated carbocycles. The van der Waals surface area contributed by atoms with E-state index in [1.54, 1.807) is 54.2 Å². The van der Waals surface area contributed by atoms with Gasteiger partial charge in [-0.1, -0.05) is 19.1 Å². The number of aromatic nitrogens is 1. The predicted octanol–water partition coefficient (Wildman–Crippen LogP) is 2.89. The Kier molecular flexibility index (Phi) is 8.30. The summed E-state index contributed by atoms with van der Waals surface area (Å²) in [5.41, 5.74) is 2.21. The van der Waals surface area contributed by atoms with Crippen molar-refractivity contribution < 1.29 is 19.4 Å². The highest BCUT2D eigenvalue weighted by Crippen LogP contribution is 2.30. The van der Waals surface area contributed by atoms with Gasteiger partial charge in [-0.2, -0.15) is 5.26 Å². The number of hydrogen-bond donors (Lipinski definition) is 2. The summed E-state index contributed by atoms with van der Waals surface area (Å²) < 4.78 is 6.25. The van der Waals surface area contributed by atoms with Crippen LogP contribution in [0.2, 0.25) is 0 Å². The number of nitrogens with zero attached hydrogens (tertiary/aromatic N) is 4. The normalized spacial score (nSPS) is 18.6. The van der Waals surface area contributed by atoms with Crippen LogP contribution < -0.4 is 10.1 Å². The van der Waals surface area contributed by atoms with Crippen molar-refractivity contribution in [2.45, 2.75) is 45.9 Å². The van der Waals surface area contributed by atoms with Crippen LogP contribution in [0.25, 0.3) is 11.1 Å². The van der Waals surface area contributed by atoms with Crippen LogP contribution in [0.1, 0.15) is 43.6 Å². The molecule has 3 amide bonds. The zero-order valence-corrected chi connectivity index (χ0v) is 20.9. The average Bonchev–Trinajstić information content (AvgIpc) is 2.84. The number of hydrogen-bond acceptors (Lipinski definition) is 6. The van der Waals surface area contributed by atoms with E-state index in [9.17, 15) is 20.0 Å². The lowest BCUT2D eigenvalue weighted by Crippen LogP contribution is -2.51. The molecule has 35 heavy (non-hydrogen) atoms. The third-order valence-corrected chi connectivity index (χ3v) is 6.06. The number of nitrogens with one attached hydrogen (secondary N) is 1. The first kappa shape index (κ1) is 26.0. The summed E-state index contributed by atoms with van der Waals surface area (Å²) in [5.74, 6) is -0.243. The Bertz CT molecular complexity index is 1110. The summed E-state index contributed by atoms with van der Waals surface area (Å²) in [6.07, 6.45) is 1.18. The molecule has 0 aliphatic carbocycles. The van der Waals surface area contributed by atoms with Gasteiger partial charge in [0.05, 0.1) is 30.8 Å². The number of fused-ring (bicyclic) bond motifs is 1. The van der Waals surface area contributed by atoms with Gasteiger partial charge in [0.25, 0.3) is 5.91 Å². The van der Waals surface area contributed by atoms with Gasteiger partial charge in [0, 0.05) is 37.3 Å². The lowest BCUT2D eigenvalue weighted by atomic mass is 9.99. The van der Waals surface area contributed by atoms with Crippen molar-refractivity contribution in [3.05, 3.63) is 47.7 Å². The smallest absolute Gasteiger partial charge is 0.317 e. The van der Waals surface area contributed by atoms with Gasteiger partial charge < -0.3 is 25.0 Å². The van der Waals surface area contributed by atoms with E-state index in [2.05, 4.69) is 16.4 Å². The Morgan fingerprint density at radius 3 is 2.74 bits per heavy atom. The first-order valence-corrected chi connectivity index (χ1v) is 11.7. The largest absolute Gasteiger partial charge is 0.472 e. The molecule has 9 heteroatoms. The number of carbonyl (C=O) groups excluding carboxylic acids is 2. The SMILES string of the molecule is CC(C)NC(=O)N(C)C[C@H]1Oc2ncc(-c3cccc(C#N)c3)cc2C(=O)N([C@H](C)CO)C[C@H]1C. The van der Waals surface area contributed by atoms with Crippen LogP contribution in [0.15, 0.2) is 36.5 Å². The van der Waals surface area contributed by atoms with Gasteiger partial charge in [0.15, 0.2) is 0 Å². The minimum atomic E-state index is -0.432. The van der Waals surface area contributed by atoms with Crippen LogP contribution in [-0.4, -0.2) is 76.8 Å². The first-order valence-electron chi connectivity index (χ1n) is 11.7. The Balaban J connectivity index is 2.01. The van der Waals surface area contributed by atoms with E-state index in [1.807, 2.05) is 26.8 Å². The minimum absolute atomic E-state index is 0.000471. The van der Waals surface area contributed by atoms with Gasteiger partial charge in [-0.3, -0.25) is 4.79 Å². The summed E-state index contributed by atoms with van der Waals surface area (Å²) in [6.45, 7) is 7.98. The molecule has 0 spiro atoms. The monoisotopic (exact) mass is 479 g/mol. The second kappa shape index (κ2) is 11.2. The minimum Gasteiger partial charge on any atom is -0.472 e. The fourth-order valence-electron chi connectivity index (χ4n) is 3.96. The van der Waals surface area contributed by atoms with Crippen LogP contribution in [0.4, 0.5) is 4.79 Å². The average molecular weight is 480 g/mol. The van der Waals surface area contributed by atoms with Crippen LogP contribution in [0, 0.1) is 17.2 Å². The van der Waals surface area contributed by atoms with Gasteiger partial charge in [-0.05, 0) is 44.5 Å². The van der Waals surface area contributed by atoms with E-state index in [-0.39, 0.29) is 41.9 Å². The summed E-state index contributed by atoms with van der Waals surface area (Å²) in [5, 5.41) is 21.9. The Morgan fingerprint density at radius 2 is 2.09 bits per heavy atom. The van der Waals surface area contributed by atoms with Gasteiger partial charge in [-0.15, -0.1) is 0 Å². The van der Waals surface area contributed by atoms with Crippen molar-refractivity contribution in [2.75, 3.05) is 26.7 Å².